The van der Waals surface area contributed by atoms with Gasteiger partial charge in [0.05, 0.1) is 23.3 Å². The number of aromatic amines is 1. The molecule has 2 amide bonds. The summed E-state index contributed by atoms with van der Waals surface area (Å²) >= 11 is 1.34. The van der Waals surface area contributed by atoms with Crippen molar-refractivity contribution in [2.24, 2.45) is 0 Å². The van der Waals surface area contributed by atoms with E-state index in [1.807, 2.05) is 39.0 Å². The Morgan fingerprint density at radius 3 is 2.83 bits per heavy atom. The molecule has 124 valence electrons. The van der Waals surface area contributed by atoms with Crippen LogP contribution in [-0.2, 0) is 9.59 Å². The average molecular weight is 334 g/mol. The number of fused-ring (bicyclic) bond motifs is 1. The third-order valence-electron chi connectivity index (χ3n) is 3.20. The van der Waals surface area contributed by atoms with Gasteiger partial charge in [-0.3, -0.25) is 9.59 Å². The fourth-order valence-electron chi connectivity index (χ4n) is 2.08. The van der Waals surface area contributed by atoms with Gasteiger partial charge >= 0.3 is 0 Å². The molecule has 0 fully saturated rings. The first-order chi connectivity index (χ1) is 10.8. The minimum atomic E-state index is -0.153. The molecule has 23 heavy (non-hydrogen) atoms. The van der Waals surface area contributed by atoms with E-state index in [1.54, 1.807) is 7.05 Å². The predicted octanol–water partition coefficient (Wildman–Crippen LogP) is 1.95. The molecule has 0 spiro atoms. The molecule has 0 aliphatic rings. The zero-order valence-electron chi connectivity index (χ0n) is 13.8. The number of H-pyrrole nitrogens is 1. The number of amides is 2. The third-order valence-corrected chi connectivity index (χ3v) is 4.06. The molecule has 1 heterocycles. The second-order valence-electron chi connectivity index (χ2n) is 5.82. The molecule has 2 N–H and O–H groups in total. The maximum absolute atomic E-state index is 12.1. The zero-order valence-corrected chi connectivity index (χ0v) is 14.7. The molecule has 1 aromatic heterocycles. The number of nitrogens with one attached hydrogen (secondary N) is 2. The summed E-state index contributed by atoms with van der Waals surface area (Å²) in [5, 5.41) is 3.47. The van der Waals surface area contributed by atoms with E-state index < -0.39 is 0 Å². The van der Waals surface area contributed by atoms with Crippen molar-refractivity contribution in [3.63, 3.8) is 0 Å². The number of nitrogens with zero attached hydrogens (tertiary/aromatic N) is 2. The summed E-state index contributed by atoms with van der Waals surface area (Å²) < 4.78 is 0. The van der Waals surface area contributed by atoms with E-state index in [-0.39, 0.29) is 30.2 Å². The number of carbonyl (C=O) groups is 2. The van der Waals surface area contributed by atoms with E-state index in [0.29, 0.717) is 5.16 Å². The number of aryl methyl sites for hydroxylation is 1. The number of carbonyl (C=O) groups excluding carboxylic acids is 2. The molecule has 0 saturated heterocycles. The van der Waals surface area contributed by atoms with Gasteiger partial charge in [0.25, 0.3) is 0 Å². The van der Waals surface area contributed by atoms with E-state index in [0.717, 1.165) is 16.6 Å². The summed E-state index contributed by atoms with van der Waals surface area (Å²) in [5.41, 5.74) is 3.00. The van der Waals surface area contributed by atoms with Crippen LogP contribution < -0.4 is 5.32 Å². The van der Waals surface area contributed by atoms with E-state index >= 15 is 0 Å². The summed E-state index contributed by atoms with van der Waals surface area (Å²) in [6, 6.07) is 6.05. The summed E-state index contributed by atoms with van der Waals surface area (Å²) in [4.78, 5) is 32.8. The molecule has 7 heteroatoms. The maximum Gasteiger partial charge on any atom is 0.239 e. The Bertz CT molecular complexity index is 711. The SMILES string of the molecule is Cc1ccc2nc(SCC(=O)N(C)CC(=O)NC(C)C)[nH]c2c1. The largest absolute Gasteiger partial charge is 0.352 e. The molecular weight excluding hydrogens is 312 g/mol. The third kappa shape index (κ3) is 4.99. The van der Waals surface area contributed by atoms with Crippen molar-refractivity contribution >= 4 is 34.6 Å². The minimum Gasteiger partial charge on any atom is -0.352 e. The molecule has 0 bridgehead atoms. The summed E-state index contributed by atoms with van der Waals surface area (Å²) in [6.07, 6.45) is 0. The van der Waals surface area contributed by atoms with E-state index in [4.69, 9.17) is 0 Å². The number of benzene rings is 1. The van der Waals surface area contributed by atoms with E-state index in [2.05, 4.69) is 15.3 Å². The van der Waals surface area contributed by atoms with E-state index in [9.17, 15) is 9.59 Å². The first-order valence-electron chi connectivity index (χ1n) is 7.47. The standard InChI is InChI=1S/C16H22N4O2S/c1-10(2)17-14(21)8-20(4)15(22)9-23-16-18-12-6-5-11(3)7-13(12)19-16/h5-7,10H,8-9H2,1-4H3,(H,17,21)(H,18,19). The Kier molecular flexibility index (Phi) is 5.65. The van der Waals surface area contributed by atoms with Crippen LogP contribution in [0, 0.1) is 6.92 Å². The van der Waals surface area contributed by atoms with Gasteiger partial charge in [-0.25, -0.2) is 4.98 Å². The lowest BCUT2D eigenvalue weighted by atomic mass is 10.2. The van der Waals surface area contributed by atoms with Gasteiger partial charge in [-0.2, -0.15) is 0 Å². The van der Waals surface area contributed by atoms with Crippen LogP contribution in [0.1, 0.15) is 19.4 Å². The molecule has 0 aliphatic carbocycles. The highest BCUT2D eigenvalue weighted by atomic mass is 32.2. The number of likely N-dealkylation sites (N-methyl/N-ethyl adjacent to an activating group) is 1. The molecule has 0 atom stereocenters. The highest BCUT2D eigenvalue weighted by Crippen LogP contribution is 2.20. The number of hydrogen-bond donors (Lipinski definition) is 2. The minimum absolute atomic E-state index is 0.0664. The van der Waals surface area contributed by atoms with Crippen molar-refractivity contribution in [3.8, 4) is 0 Å². The quantitative estimate of drug-likeness (QED) is 0.792. The average Bonchev–Trinajstić information content (AvgIpc) is 2.85. The lowest BCUT2D eigenvalue weighted by Gasteiger charge is -2.17. The van der Waals surface area contributed by atoms with E-state index in [1.165, 1.54) is 16.7 Å². The van der Waals surface area contributed by atoms with Gasteiger partial charge in [-0.05, 0) is 38.5 Å². The van der Waals surface area contributed by atoms with Gasteiger partial charge in [0.15, 0.2) is 5.16 Å². The number of imidazole rings is 1. The van der Waals surface area contributed by atoms with Crippen molar-refractivity contribution in [2.75, 3.05) is 19.3 Å². The Morgan fingerprint density at radius 1 is 1.39 bits per heavy atom. The Balaban J connectivity index is 1.88. The van der Waals surface area contributed by atoms with Crippen LogP contribution in [0.25, 0.3) is 11.0 Å². The summed E-state index contributed by atoms with van der Waals surface area (Å²) in [6.45, 7) is 5.86. The second kappa shape index (κ2) is 7.50. The maximum atomic E-state index is 12.1. The van der Waals surface area contributed by atoms with Gasteiger partial charge in [0.1, 0.15) is 0 Å². The molecule has 0 aliphatic heterocycles. The highest BCUT2D eigenvalue weighted by molar-refractivity contribution is 7.99. The van der Waals surface area contributed by atoms with Crippen molar-refractivity contribution < 1.29 is 9.59 Å². The summed E-state index contributed by atoms with van der Waals surface area (Å²) in [5.74, 6) is -0.0184. The molecule has 0 unspecified atom stereocenters. The normalized spacial score (nSPS) is 11.0. The number of aromatic nitrogens is 2. The second-order valence-corrected chi connectivity index (χ2v) is 6.79. The van der Waals surface area contributed by atoms with Gasteiger partial charge in [-0.15, -0.1) is 0 Å². The molecule has 6 nitrogen and oxygen atoms in total. The number of thioether (sulfide) groups is 1. The summed E-state index contributed by atoms with van der Waals surface area (Å²) in [7, 11) is 1.63. The van der Waals surface area contributed by atoms with Gasteiger partial charge in [-0.1, -0.05) is 17.8 Å². The topological polar surface area (TPSA) is 78.1 Å². The van der Waals surface area contributed by atoms with Crippen LogP contribution in [0.15, 0.2) is 23.4 Å². The lowest BCUT2D eigenvalue weighted by molar-refractivity contribution is -0.132. The fourth-order valence-corrected chi connectivity index (χ4v) is 2.91. The Morgan fingerprint density at radius 2 is 2.13 bits per heavy atom. The molecule has 0 saturated carbocycles. The fraction of sp³-hybridized carbons (Fsp3) is 0.438. The predicted molar refractivity (Wildman–Crippen MR) is 92.5 cm³/mol. The molecule has 0 radical (unpaired) electrons. The van der Waals surface area contributed by atoms with Crippen LogP contribution in [0.5, 0.6) is 0 Å². The molecule has 1 aromatic carbocycles. The van der Waals surface area contributed by atoms with Crippen molar-refractivity contribution in [1.82, 2.24) is 20.2 Å². The lowest BCUT2D eigenvalue weighted by Crippen LogP contribution is -2.41. The van der Waals surface area contributed by atoms with Crippen LogP contribution >= 0.6 is 11.8 Å². The van der Waals surface area contributed by atoms with Crippen LogP contribution in [-0.4, -0.2) is 52.1 Å². The van der Waals surface area contributed by atoms with Crippen LogP contribution in [0.4, 0.5) is 0 Å². The van der Waals surface area contributed by atoms with Crippen LogP contribution in [0.2, 0.25) is 0 Å². The molecule has 2 rings (SSSR count). The number of hydrogen-bond acceptors (Lipinski definition) is 4. The first kappa shape index (κ1) is 17.3. The Labute approximate surface area is 140 Å². The monoisotopic (exact) mass is 334 g/mol. The Hall–Kier alpha value is -2.02. The molecular formula is C16H22N4O2S. The first-order valence-corrected chi connectivity index (χ1v) is 8.46. The van der Waals surface area contributed by atoms with Gasteiger partial charge < -0.3 is 15.2 Å². The van der Waals surface area contributed by atoms with Crippen molar-refractivity contribution in [1.29, 1.82) is 0 Å². The van der Waals surface area contributed by atoms with Gasteiger partial charge in [0.2, 0.25) is 11.8 Å². The van der Waals surface area contributed by atoms with Crippen LogP contribution in [0.3, 0.4) is 0 Å². The smallest absolute Gasteiger partial charge is 0.239 e. The highest BCUT2D eigenvalue weighted by Gasteiger charge is 2.14. The number of rotatable bonds is 6. The zero-order chi connectivity index (χ0) is 17.0. The van der Waals surface area contributed by atoms with Gasteiger partial charge in [0, 0.05) is 13.1 Å². The molecule has 2 aromatic rings. The van der Waals surface area contributed by atoms with Crippen molar-refractivity contribution in [3.05, 3.63) is 23.8 Å². The van der Waals surface area contributed by atoms with Crippen molar-refractivity contribution in [2.45, 2.75) is 32.0 Å².